The second-order valence-electron chi connectivity index (χ2n) is 16.4. The average molecular weight is 813 g/mol. The van der Waals surface area contributed by atoms with Crippen molar-refractivity contribution in [2.75, 3.05) is 43.0 Å². The van der Waals surface area contributed by atoms with Crippen molar-refractivity contribution in [3.63, 3.8) is 0 Å². The molecular formula is C40H51F3N8O5S. The topological polar surface area (TPSA) is 151 Å². The number of pyridine rings is 1. The number of thiol groups is 1. The van der Waals surface area contributed by atoms with E-state index in [2.05, 4.69) is 39.3 Å². The van der Waals surface area contributed by atoms with Crippen molar-refractivity contribution in [1.29, 1.82) is 5.26 Å². The van der Waals surface area contributed by atoms with E-state index < -0.39 is 33.8 Å². The van der Waals surface area contributed by atoms with Gasteiger partial charge < -0.3 is 10.1 Å². The summed E-state index contributed by atoms with van der Waals surface area (Å²) in [5, 5.41) is 14.5. The van der Waals surface area contributed by atoms with Crippen LogP contribution in [-0.4, -0.2) is 111 Å². The van der Waals surface area contributed by atoms with Gasteiger partial charge in [-0.25, -0.2) is 4.98 Å². The van der Waals surface area contributed by atoms with Crippen LogP contribution in [0.15, 0.2) is 36.5 Å². The maximum atomic E-state index is 13.7. The molecule has 4 aliphatic rings. The van der Waals surface area contributed by atoms with E-state index in [4.69, 9.17) is 17.4 Å². The van der Waals surface area contributed by atoms with Gasteiger partial charge in [-0.3, -0.25) is 44.1 Å². The number of carbonyl (C=O) groups is 4. The number of anilines is 2. The molecule has 6 rings (SSSR count). The number of imide groups is 1. The van der Waals surface area contributed by atoms with Crippen molar-refractivity contribution in [2.45, 2.75) is 120 Å². The predicted molar refractivity (Wildman–Crippen MR) is 209 cm³/mol. The quantitative estimate of drug-likeness (QED) is 0.228. The number of carbonyl (C=O) groups excluding carboxylic acids is 4. The molecule has 1 aliphatic carbocycles. The van der Waals surface area contributed by atoms with Crippen LogP contribution in [0, 0.1) is 11.3 Å². The third kappa shape index (κ3) is 8.85. The van der Waals surface area contributed by atoms with Crippen molar-refractivity contribution in [2.24, 2.45) is 0 Å². The number of benzene rings is 1. The SMILES string of the molecule is C[C@@H]1CN(CCOC2CCC(N3C(S)N(c4ccc(C#N)c(C(F)(F)F)c4)C(=O)C3(C)C)CC2)C[C@H](C)N1CC(=O)Nc1cc([C@@]2(C)CCC(=O)NC2=O)ccn1. The number of piperazine rings is 1. The highest BCUT2D eigenvalue weighted by molar-refractivity contribution is 7.81. The summed E-state index contributed by atoms with van der Waals surface area (Å²) in [5.74, 6) is -0.862. The van der Waals surface area contributed by atoms with Crippen LogP contribution >= 0.6 is 12.6 Å². The number of halogens is 3. The Morgan fingerprint density at radius 3 is 2.39 bits per heavy atom. The highest BCUT2D eigenvalue weighted by atomic mass is 32.1. The van der Waals surface area contributed by atoms with Gasteiger partial charge in [-0.05, 0) is 103 Å². The van der Waals surface area contributed by atoms with Gasteiger partial charge in [0.05, 0.1) is 47.4 Å². The molecule has 1 aromatic heterocycles. The lowest BCUT2D eigenvalue weighted by Gasteiger charge is -2.44. The van der Waals surface area contributed by atoms with Crippen LogP contribution in [-0.2, 0) is 35.5 Å². The Morgan fingerprint density at radius 2 is 1.75 bits per heavy atom. The Bertz CT molecular complexity index is 1910. The summed E-state index contributed by atoms with van der Waals surface area (Å²) >= 11 is 4.76. The smallest absolute Gasteiger partial charge is 0.377 e. The van der Waals surface area contributed by atoms with Crippen LogP contribution < -0.4 is 15.5 Å². The van der Waals surface area contributed by atoms with Crippen LogP contribution in [0.2, 0.25) is 0 Å². The number of nitriles is 1. The van der Waals surface area contributed by atoms with Gasteiger partial charge in [0.15, 0.2) is 0 Å². The summed E-state index contributed by atoms with van der Waals surface area (Å²) in [4.78, 5) is 63.2. The number of ether oxygens (including phenoxy) is 1. The minimum absolute atomic E-state index is 0.0305. The van der Waals surface area contributed by atoms with Gasteiger partial charge in [0.25, 0.3) is 0 Å². The molecular weight excluding hydrogens is 762 g/mol. The lowest BCUT2D eigenvalue weighted by Crippen LogP contribution is -2.58. The molecule has 1 aromatic carbocycles. The minimum atomic E-state index is -4.75. The van der Waals surface area contributed by atoms with Crippen LogP contribution in [0.4, 0.5) is 24.7 Å². The number of nitrogens with one attached hydrogen (secondary N) is 2. The van der Waals surface area contributed by atoms with Gasteiger partial charge in [-0.1, -0.05) is 0 Å². The van der Waals surface area contributed by atoms with E-state index in [-0.39, 0.29) is 66.5 Å². The highest BCUT2D eigenvalue weighted by Gasteiger charge is 2.54. The molecule has 2 aromatic rings. The zero-order valence-electron chi connectivity index (χ0n) is 32.9. The zero-order valence-corrected chi connectivity index (χ0v) is 33.8. The number of amides is 4. The first-order valence-electron chi connectivity index (χ1n) is 19.5. The molecule has 2 N–H and O–H groups in total. The van der Waals surface area contributed by atoms with E-state index in [0.29, 0.717) is 24.4 Å². The van der Waals surface area contributed by atoms with Crippen LogP contribution in [0.3, 0.4) is 0 Å². The highest BCUT2D eigenvalue weighted by Crippen LogP contribution is 2.43. The van der Waals surface area contributed by atoms with Crippen molar-refractivity contribution in [1.82, 2.24) is 25.0 Å². The van der Waals surface area contributed by atoms with E-state index >= 15 is 0 Å². The summed E-state index contributed by atoms with van der Waals surface area (Å²) in [5.41, 5.74) is -3.54. The first-order valence-corrected chi connectivity index (χ1v) is 20.0. The molecule has 4 amide bonds. The standard InChI is InChI=1S/C40H51F3N8O5S/c1-24-21-48(22-25(2)49(24)23-34(53)46-32-18-27(13-15-45-32)39(5)14-12-33(52)47-35(39)54)16-17-56-30-10-8-28(9-11-30)51-37(57)50(36(55)38(51,3)4)29-7-6-26(20-44)31(19-29)40(41,42)43/h6-7,13,15,18-19,24-25,28,30,37,57H,8-12,14,16-17,21-23H2,1-5H3,(H,45,46,53)(H,47,52,54)/t24-,25+,28?,30?,37?,39-/m1/s1. The van der Waals surface area contributed by atoms with Gasteiger partial charge in [0, 0.05) is 56.1 Å². The molecule has 1 unspecified atom stereocenters. The molecule has 17 heteroatoms. The summed E-state index contributed by atoms with van der Waals surface area (Å²) < 4.78 is 47.6. The number of aromatic nitrogens is 1. The molecule has 3 saturated heterocycles. The van der Waals surface area contributed by atoms with E-state index in [1.807, 2.05) is 4.90 Å². The normalized spacial score (nSPS) is 28.9. The Balaban J connectivity index is 0.958. The van der Waals surface area contributed by atoms with E-state index in [1.165, 1.54) is 11.0 Å². The van der Waals surface area contributed by atoms with Crippen LogP contribution in [0.5, 0.6) is 0 Å². The molecule has 57 heavy (non-hydrogen) atoms. The molecule has 0 radical (unpaired) electrons. The number of nitrogens with zero attached hydrogens (tertiary/aromatic N) is 6. The monoisotopic (exact) mass is 812 g/mol. The maximum absolute atomic E-state index is 13.7. The molecule has 0 spiro atoms. The van der Waals surface area contributed by atoms with Crippen LogP contribution in [0.1, 0.15) is 89.8 Å². The Labute approximate surface area is 336 Å². The maximum Gasteiger partial charge on any atom is 0.417 e. The largest absolute Gasteiger partial charge is 0.417 e. The first-order chi connectivity index (χ1) is 26.8. The fourth-order valence-corrected chi connectivity index (χ4v) is 9.62. The Hall–Kier alpha value is -4.08. The van der Waals surface area contributed by atoms with Gasteiger partial charge in [0.2, 0.25) is 23.6 Å². The molecule has 13 nitrogen and oxygen atoms in total. The van der Waals surface area contributed by atoms with Crippen molar-refractivity contribution < 1.29 is 37.1 Å². The van der Waals surface area contributed by atoms with E-state index in [1.54, 1.807) is 45.2 Å². The molecule has 3 aliphatic heterocycles. The summed E-state index contributed by atoms with van der Waals surface area (Å²) in [6.45, 7) is 12.5. The average Bonchev–Trinajstić information content (AvgIpc) is 3.33. The van der Waals surface area contributed by atoms with Gasteiger partial charge in [-0.2, -0.15) is 18.4 Å². The summed E-state index contributed by atoms with van der Waals surface area (Å²) in [6, 6.07) is 8.50. The molecule has 0 bridgehead atoms. The molecule has 4 heterocycles. The fourth-order valence-electron chi connectivity index (χ4n) is 8.90. The first kappa shape index (κ1) is 42.5. The number of alkyl halides is 3. The second kappa shape index (κ2) is 16.6. The number of piperidine rings is 1. The van der Waals surface area contributed by atoms with Gasteiger partial charge in [-0.15, -0.1) is 12.6 Å². The molecule has 4 atom stereocenters. The van der Waals surface area contributed by atoms with Gasteiger partial charge in [0.1, 0.15) is 11.3 Å². The number of rotatable bonds is 10. The Kier molecular flexibility index (Phi) is 12.4. The van der Waals surface area contributed by atoms with E-state index in [0.717, 1.165) is 57.5 Å². The number of hydrogen-bond acceptors (Lipinski definition) is 11. The van der Waals surface area contributed by atoms with Crippen molar-refractivity contribution in [3.8, 4) is 6.07 Å². The minimum Gasteiger partial charge on any atom is -0.377 e. The third-order valence-electron chi connectivity index (χ3n) is 12.1. The lowest BCUT2D eigenvalue weighted by atomic mass is 9.76. The lowest BCUT2D eigenvalue weighted by molar-refractivity contribution is -0.138. The fraction of sp³-hybridized carbons (Fsp3) is 0.600. The summed E-state index contributed by atoms with van der Waals surface area (Å²) in [6.07, 6.45) is 0.460. The Morgan fingerprint density at radius 1 is 1.07 bits per heavy atom. The summed E-state index contributed by atoms with van der Waals surface area (Å²) in [7, 11) is 0. The second-order valence-corrected chi connectivity index (χ2v) is 16.9. The van der Waals surface area contributed by atoms with Gasteiger partial charge >= 0.3 is 6.18 Å². The number of hydrogen-bond donors (Lipinski definition) is 3. The van der Waals surface area contributed by atoms with Crippen molar-refractivity contribution in [3.05, 3.63) is 53.2 Å². The molecule has 1 saturated carbocycles. The zero-order chi connectivity index (χ0) is 41.4. The van der Waals surface area contributed by atoms with Crippen LogP contribution in [0.25, 0.3) is 0 Å². The predicted octanol–water partition coefficient (Wildman–Crippen LogP) is 4.67. The van der Waals surface area contributed by atoms with E-state index in [9.17, 15) is 37.6 Å². The van der Waals surface area contributed by atoms with Crippen molar-refractivity contribution >= 4 is 47.8 Å². The molecule has 4 fully saturated rings. The molecule has 308 valence electrons. The third-order valence-corrected chi connectivity index (χ3v) is 12.6.